The Bertz CT molecular complexity index is 1130. The third-order valence-electron chi connectivity index (χ3n) is 6.04. The van der Waals surface area contributed by atoms with Crippen molar-refractivity contribution in [1.82, 2.24) is 10.2 Å². The van der Waals surface area contributed by atoms with Gasteiger partial charge in [-0.3, -0.25) is 9.59 Å². The smallest absolute Gasteiger partial charge is 0.242 e. The Morgan fingerprint density at radius 3 is 2.11 bits per heavy atom. The van der Waals surface area contributed by atoms with E-state index in [-0.39, 0.29) is 18.2 Å². The van der Waals surface area contributed by atoms with Gasteiger partial charge in [0.05, 0.1) is 27.8 Å². The number of benzene rings is 3. The predicted molar refractivity (Wildman–Crippen MR) is 139 cm³/mol. The maximum Gasteiger partial charge on any atom is 0.242 e. The van der Waals surface area contributed by atoms with Crippen LogP contribution in [0.25, 0.3) is 0 Å². The van der Waals surface area contributed by atoms with Crippen LogP contribution in [0.5, 0.6) is 17.2 Å². The van der Waals surface area contributed by atoms with Gasteiger partial charge in [-0.1, -0.05) is 48.5 Å². The third-order valence-corrected chi connectivity index (χ3v) is 6.04. The molecule has 1 atom stereocenters. The van der Waals surface area contributed by atoms with Gasteiger partial charge in [0.25, 0.3) is 0 Å². The van der Waals surface area contributed by atoms with Gasteiger partial charge in [-0.2, -0.15) is 0 Å². The lowest BCUT2D eigenvalue weighted by atomic mass is 10.1. The van der Waals surface area contributed by atoms with Gasteiger partial charge in [-0.05, 0) is 54.3 Å². The molecule has 0 aliphatic carbocycles. The zero-order chi connectivity index (χ0) is 25.9. The normalized spacial score (nSPS) is 11.3. The van der Waals surface area contributed by atoms with E-state index in [1.54, 1.807) is 33.2 Å². The summed E-state index contributed by atoms with van der Waals surface area (Å²) in [4.78, 5) is 28.0. The molecule has 0 heterocycles. The lowest BCUT2D eigenvalue weighted by Gasteiger charge is -2.29. The van der Waals surface area contributed by atoms with E-state index >= 15 is 0 Å². The molecule has 2 amide bonds. The van der Waals surface area contributed by atoms with Crippen LogP contribution in [0.1, 0.15) is 23.6 Å². The minimum Gasteiger partial charge on any atom is -0.497 e. The van der Waals surface area contributed by atoms with Crippen LogP contribution in [0, 0.1) is 0 Å². The number of rotatable bonds is 12. The zero-order valence-electron chi connectivity index (χ0n) is 21.3. The molecule has 0 aliphatic rings. The average Bonchev–Trinajstić information content (AvgIpc) is 2.91. The molecular weight excluding hydrogens is 456 g/mol. The Morgan fingerprint density at radius 2 is 1.47 bits per heavy atom. The topological polar surface area (TPSA) is 77.1 Å². The van der Waals surface area contributed by atoms with Crippen molar-refractivity contribution in [1.29, 1.82) is 0 Å². The minimum atomic E-state index is -0.645. The molecule has 7 heteroatoms. The third kappa shape index (κ3) is 7.25. The quantitative estimate of drug-likeness (QED) is 0.415. The van der Waals surface area contributed by atoms with Crippen LogP contribution in [-0.4, -0.2) is 50.6 Å². The van der Waals surface area contributed by atoms with E-state index in [9.17, 15) is 9.59 Å². The molecular formula is C29H34N2O5. The van der Waals surface area contributed by atoms with Crippen LogP contribution in [0.3, 0.4) is 0 Å². The zero-order valence-corrected chi connectivity index (χ0v) is 21.3. The number of amides is 2. The van der Waals surface area contributed by atoms with Crippen molar-refractivity contribution in [2.75, 3.05) is 27.9 Å². The van der Waals surface area contributed by atoms with E-state index in [4.69, 9.17) is 14.2 Å². The summed E-state index contributed by atoms with van der Waals surface area (Å²) in [6.45, 7) is 2.51. The summed E-state index contributed by atoms with van der Waals surface area (Å²) in [7, 11) is 4.80. The Balaban J connectivity index is 1.67. The SMILES string of the molecule is COc1ccc(CN(C(=O)Cc2ccccc2)[C@@H](C)C(=O)NCCc2ccc(OC)c(OC)c2)cc1. The largest absolute Gasteiger partial charge is 0.497 e. The van der Waals surface area contributed by atoms with Crippen LogP contribution < -0.4 is 19.5 Å². The molecule has 0 saturated heterocycles. The maximum absolute atomic E-state index is 13.3. The summed E-state index contributed by atoms with van der Waals surface area (Å²) in [5.41, 5.74) is 2.83. The van der Waals surface area contributed by atoms with E-state index in [2.05, 4.69) is 5.32 Å². The van der Waals surface area contributed by atoms with E-state index in [0.29, 0.717) is 31.0 Å². The van der Waals surface area contributed by atoms with Crippen LogP contribution >= 0.6 is 0 Å². The van der Waals surface area contributed by atoms with Crippen molar-refractivity contribution in [3.63, 3.8) is 0 Å². The van der Waals surface area contributed by atoms with Gasteiger partial charge in [-0.25, -0.2) is 0 Å². The molecule has 3 aromatic carbocycles. The van der Waals surface area contributed by atoms with Gasteiger partial charge in [-0.15, -0.1) is 0 Å². The number of carbonyl (C=O) groups is 2. The number of ether oxygens (including phenoxy) is 3. The summed E-state index contributed by atoms with van der Waals surface area (Å²) in [6, 6.07) is 22.1. The molecule has 3 aromatic rings. The summed E-state index contributed by atoms with van der Waals surface area (Å²) >= 11 is 0. The second-order valence-corrected chi connectivity index (χ2v) is 8.44. The summed E-state index contributed by atoms with van der Waals surface area (Å²) in [5, 5.41) is 2.98. The van der Waals surface area contributed by atoms with Crippen molar-refractivity contribution in [3.8, 4) is 17.2 Å². The van der Waals surface area contributed by atoms with Gasteiger partial charge in [0.2, 0.25) is 11.8 Å². The van der Waals surface area contributed by atoms with Crippen molar-refractivity contribution < 1.29 is 23.8 Å². The molecule has 0 bridgehead atoms. The average molecular weight is 491 g/mol. The first kappa shape index (κ1) is 26.6. The fourth-order valence-electron chi connectivity index (χ4n) is 3.90. The molecule has 3 rings (SSSR count). The van der Waals surface area contributed by atoms with Crippen LogP contribution in [-0.2, 0) is 29.0 Å². The lowest BCUT2D eigenvalue weighted by Crippen LogP contribution is -2.48. The van der Waals surface area contributed by atoms with Gasteiger partial charge in [0.1, 0.15) is 11.8 Å². The number of carbonyl (C=O) groups excluding carboxylic acids is 2. The van der Waals surface area contributed by atoms with Crippen molar-refractivity contribution >= 4 is 11.8 Å². The fourth-order valence-corrected chi connectivity index (χ4v) is 3.90. The number of hydrogen-bond acceptors (Lipinski definition) is 5. The van der Waals surface area contributed by atoms with Crippen molar-refractivity contribution in [3.05, 3.63) is 89.5 Å². The lowest BCUT2D eigenvalue weighted by molar-refractivity contribution is -0.140. The van der Waals surface area contributed by atoms with Crippen LogP contribution in [0.2, 0.25) is 0 Å². The standard InChI is InChI=1S/C29H34N2O5/c1-21(29(33)30-17-16-23-12-15-26(35-3)27(18-23)36-4)31(20-24-10-13-25(34-2)14-11-24)28(32)19-22-8-6-5-7-9-22/h5-15,18,21H,16-17,19-20H2,1-4H3,(H,30,33)/t21-/m0/s1. The summed E-state index contributed by atoms with van der Waals surface area (Å²) < 4.78 is 15.9. The molecule has 0 radical (unpaired) electrons. The maximum atomic E-state index is 13.3. The molecule has 0 fully saturated rings. The number of nitrogens with zero attached hydrogens (tertiary/aromatic N) is 1. The molecule has 0 aliphatic heterocycles. The van der Waals surface area contributed by atoms with Crippen LogP contribution in [0.4, 0.5) is 0 Å². The molecule has 190 valence electrons. The first-order chi connectivity index (χ1) is 17.4. The highest BCUT2D eigenvalue weighted by atomic mass is 16.5. The van der Waals surface area contributed by atoms with Gasteiger partial charge < -0.3 is 24.4 Å². The summed E-state index contributed by atoms with van der Waals surface area (Å²) in [6.07, 6.45) is 0.843. The van der Waals surface area contributed by atoms with E-state index in [1.807, 2.05) is 72.8 Å². The Hall–Kier alpha value is -4.00. The minimum absolute atomic E-state index is 0.112. The van der Waals surface area contributed by atoms with E-state index in [1.165, 1.54) is 0 Å². The highest BCUT2D eigenvalue weighted by Crippen LogP contribution is 2.27. The fraction of sp³-hybridized carbons (Fsp3) is 0.310. The molecule has 1 N–H and O–H groups in total. The number of hydrogen-bond donors (Lipinski definition) is 1. The highest BCUT2D eigenvalue weighted by Gasteiger charge is 2.26. The molecule has 7 nitrogen and oxygen atoms in total. The van der Waals surface area contributed by atoms with Crippen molar-refractivity contribution in [2.24, 2.45) is 0 Å². The Labute approximate surface area is 213 Å². The molecule has 0 saturated carbocycles. The monoisotopic (exact) mass is 490 g/mol. The Morgan fingerprint density at radius 1 is 0.806 bits per heavy atom. The molecule has 0 unspecified atom stereocenters. The van der Waals surface area contributed by atoms with Crippen molar-refractivity contribution in [2.45, 2.75) is 32.4 Å². The van der Waals surface area contributed by atoms with Gasteiger partial charge in [0.15, 0.2) is 11.5 Å². The predicted octanol–water partition coefficient (Wildman–Crippen LogP) is 4.03. The van der Waals surface area contributed by atoms with Gasteiger partial charge in [0, 0.05) is 13.1 Å². The van der Waals surface area contributed by atoms with Crippen LogP contribution in [0.15, 0.2) is 72.8 Å². The number of nitrogens with one attached hydrogen (secondary N) is 1. The highest BCUT2D eigenvalue weighted by molar-refractivity contribution is 5.88. The molecule has 36 heavy (non-hydrogen) atoms. The summed E-state index contributed by atoms with van der Waals surface area (Å²) in [5.74, 6) is 1.73. The van der Waals surface area contributed by atoms with E-state index < -0.39 is 6.04 Å². The molecule has 0 aromatic heterocycles. The first-order valence-electron chi connectivity index (χ1n) is 11.9. The second kappa shape index (κ2) is 13.2. The van der Waals surface area contributed by atoms with E-state index in [0.717, 1.165) is 22.4 Å². The Kier molecular flexibility index (Phi) is 9.74. The number of methoxy groups -OCH3 is 3. The second-order valence-electron chi connectivity index (χ2n) is 8.44. The first-order valence-corrected chi connectivity index (χ1v) is 11.9. The molecule has 0 spiro atoms. The van der Waals surface area contributed by atoms with Gasteiger partial charge >= 0.3 is 0 Å².